The fraction of sp³-hybridized carbons (Fsp3) is 0.133. The van der Waals surface area contributed by atoms with E-state index in [0.29, 0.717) is 11.4 Å². The van der Waals surface area contributed by atoms with E-state index in [1.54, 1.807) is 42.1 Å². The van der Waals surface area contributed by atoms with Crippen molar-refractivity contribution >= 4 is 17.3 Å². The molecule has 8 heteroatoms. The number of rotatable bonds is 5. The van der Waals surface area contributed by atoms with Gasteiger partial charge in [-0.1, -0.05) is 6.07 Å². The molecular weight excluding hydrogens is 296 g/mol. The van der Waals surface area contributed by atoms with Crippen LogP contribution in [0, 0.1) is 0 Å². The Morgan fingerprint density at radius 2 is 2.17 bits per heavy atom. The Labute approximate surface area is 132 Å². The number of carbonyl (C=O) groups excluding carboxylic acids is 1. The largest absolute Gasteiger partial charge is 0.497 e. The van der Waals surface area contributed by atoms with E-state index in [1.807, 2.05) is 24.3 Å². The van der Waals surface area contributed by atoms with Crippen molar-refractivity contribution in [3.8, 4) is 11.4 Å². The van der Waals surface area contributed by atoms with Crippen LogP contribution in [0.1, 0.15) is 10.5 Å². The summed E-state index contributed by atoms with van der Waals surface area (Å²) < 4.78 is 8.42. The molecule has 0 fully saturated rings. The highest BCUT2D eigenvalue weighted by Crippen LogP contribution is 2.23. The van der Waals surface area contributed by atoms with Gasteiger partial charge in [-0.2, -0.15) is 10.2 Å². The van der Waals surface area contributed by atoms with Crippen molar-refractivity contribution < 1.29 is 9.53 Å². The molecule has 3 aromatic rings. The summed E-state index contributed by atoms with van der Waals surface area (Å²) in [6.07, 6.45) is 5.13. The Bertz CT molecular complexity index is 851. The van der Waals surface area contributed by atoms with Crippen LogP contribution in [0.5, 0.6) is 5.75 Å². The first-order valence-electron chi connectivity index (χ1n) is 6.86. The summed E-state index contributed by atoms with van der Waals surface area (Å²) in [6, 6.07) is 7.34. The van der Waals surface area contributed by atoms with Crippen LogP contribution in [0.2, 0.25) is 0 Å². The summed E-state index contributed by atoms with van der Waals surface area (Å²) >= 11 is 0. The Hall–Kier alpha value is -3.29. The van der Waals surface area contributed by atoms with Gasteiger partial charge in [-0.15, -0.1) is 0 Å². The number of carbonyl (C=O) groups is 1. The van der Waals surface area contributed by atoms with Gasteiger partial charge < -0.3 is 15.8 Å². The minimum absolute atomic E-state index is 0.150. The van der Waals surface area contributed by atoms with Crippen LogP contribution >= 0.6 is 0 Å². The van der Waals surface area contributed by atoms with Gasteiger partial charge in [-0.3, -0.25) is 9.48 Å². The van der Waals surface area contributed by atoms with Crippen LogP contribution in [0.3, 0.4) is 0 Å². The number of methoxy groups -OCH3 is 1. The van der Waals surface area contributed by atoms with Gasteiger partial charge >= 0.3 is 0 Å². The SMILES string of the molecule is COc1cccc(-n2cc(Nc3cnn(C)c3)c(C(N)=O)n2)c1. The van der Waals surface area contributed by atoms with Crippen LogP contribution in [0.15, 0.2) is 42.9 Å². The first-order chi connectivity index (χ1) is 11.1. The average molecular weight is 312 g/mol. The number of ether oxygens (including phenoxy) is 1. The lowest BCUT2D eigenvalue weighted by Crippen LogP contribution is -2.14. The minimum Gasteiger partial charge on any atom is -0.497 e. The second-order valence-electron chi connectivity index (χ2n) is 4.93. The molecule has 3 N–H and O–H groups in total. The third kappa shape index (κ3) is 3.00. The Morgan fingerprint density at radius 3 is 2.83 bits per heavy atom. The monoisotopic (exact) mass is 312 g/mol. The van der Waals surface area contributed by atoms with Crippen molar-refractivity contribution in [2.24, 2.45) is 12.8 Å². The number of hydrogen-bond donors (Lipinski definition) is 2. The molecule has 1 aromatic carbocycles. The maximum Gasteiger partial charge on any atom is 0.271 e. The third-order valence-corrected chi connectivity index (χ3v) is 3.25. The lowest BCUT2D eigenvalue weighted by molar-refractivity contribution is 0.0996. The summed E-state index contributed by atoms with van der Waals surface area (Å²) in [5.74, 6) is 0.0819. The number of benzene rings is 1. The number of amides is 1. The average Bonchev–Trinajstić information content (AvgIpc) is 3.14. The molecule has 118 valence electrons. The number of primary amides is 1. The Morgan fingerprint density at radius 1 is 1.35 bits per heavy atom. The number of aromatic nitrogens is 4. The molecule has 2 aromatic heterocycles. The molecule has 8 nitrogen and oxygen atoms in total. The van der Waals surface area contributed by atoms with E-state index in [9.17, 15) is 4.79 Å². The molecule has 23 heavy (non-hydrogen) atoms. The number of hydrogen-bond acceptors (Lipinski definition) is 5. The molecule has 0 aliphatic heterocycles. The van der Waals surface area contributed by atoms with E-state index in [1.165, 1.54) is 0 Å². The first-order valence-corrected chi connectivity index (χ1v) is 6.86. The Kier molecular flexibility index (Phi) is 3.71. The van der Waals surface area contributed by atoms with Crippen molar-refractivity contribution in [1.82, 2.24) is 19.6 Å². The fourth-order valence-corrected chi connectivity index (χ4v) is 2.17. The number of nitrogens with zero attached hydrogens (tertiary/aromatic N) is 4. The highest BCUT2D eigenvalue weighted by Gasteiger charge is 2.16. The van der Waals surface area contributed by atoms with Crippen LogP contribution in [-0.4, -0.2) is 32.6 Å². The first kappa shape index (κ1) is 14.6. The van der Waals surface area contributed by atoms with Gasteiger partial charge in [-0.05, 0) is 12.1 Å². The molecule has 0 atom stereocenters. The molecule has 0 unspecified atom stereocenters. The summed E-state index contributed by atoms with van der Waals surface area (Å²) in [5, 5.41) is 11.4. The van der Waals surface area contributed by atoms with Crippen LogP contribution < -0.4 is 15.8 Å². The van der Waals surface area contributed by atoms with Gasteiger partial charge in [0.1, 0.15) is 5.75 Å². The van der Waals surface area contributed by atoms with Crippen molar-refractivity contribution in [1.29, 1.82) is 0 Å². The van der Waals surface area contributed by atoms with Gasteiger partial charge in [-0.25, -0.2) is 4.68 Å². The van der Waals surface area contributed by atoms with Crippen LogP contribution in [-0.2, 0) is 7.05 Å². The van der Waals surface area contributed by atoms with Gasteiger partial charge in [0, 0.05) is 19.3 Å². The topological polar surface area (TPSA) is 100.0 Å². The normalized spacial score (nSPS) is 10.5. The summed E-state index contributed by atoms with van der Waals surface area (Å²) in [5.41, 5.74) is 7.57. The molecule has 2 heterocycles. The smallest absolute Gasteiger partial charge is 0.271 e. The van der Waals surface area contributed by atoms with Gasteiger partial charge in [0.15, 0.2) is 5.69 Å². The van der Waals surface area contributed by atoms with E-state index in [2.05, 4.69) is 15.5 Å². The summed E-state index contributed by atoms with van der Waals surface area (Å²) in [4.78, 5) is 11.6. The standard InChI is InChI=1S/C15H16N6O2/c1-20-8-10(7-17-20)18-13-9-21(19-14(13)15(16)22)11-4-3-5-12(6-11)23-2/h3-9,18H,1-2H3,(H2,16,22). The third-order valence-electron chi connectivity index (χ3n) is 3.25. The lowest BCUT2D eigenvalue weighted by Gasteiger charge is -2.04. The van der Waals surface area contributed by atoms with E-state index in [4.69, 9.17) is 10.5 Å². The van der Waals surface area contributed by atoms with E-state index in [0.717, 1.165) is 11.4 Å². The summed E-state index contributed by atoms with van der Waals surface area (Å²) in [7, 11) is 3.40. The molecule has 0 aliphatic rings. The van der Waals surface area contributed by atoms with Gasteiger partial charge in [0.2, 0.25) is 0 Å². The second-order valence-corrected chi connectivity index (χ2v) is 4.93. The Balaban J connectivity index is 1.99. The molecule has 0 radical (unpaired) electrons. The highest BCUT2D eigenvalue weighted by atomic mass is 16.5. The molecule has 0 aliphatic carbocycles. The molecule has 0 spiro atoms. The predicted octanol–water partition coefficient (Wildman–Crippen LogP) is 1.46. The van der Waals surface area contributed by atoms with Crippen molar-refractivity contribution in [2.45, 2.75) is 0 Å². The van der Waals surface area contributed by atoms with Crippen LogP contribution in [0.4, 0.5) is 11.4 Å². The van der Waals surface area contributed by atoms with E-state index < -0.39 is 5.91 Å². The highest BCUT2D eigenvalue weighted by molar-refractivity contribution is 5.97. The molecule has 0 saturated heterocycles. The number of nitrogens with one attached hydrogen (secondary N) is 1. The predicted molar refractivity (Wildman–Crippen MR) is 85.1 cm³/mol. The number of aryl methyl sites for hydroxylation is 1. The molecule has 3 rings (SSSR count). The minimum atomic E-state index is -0.613. The van der Waals surface area contributed by atoms with Crippen molar-refractivity contribution in [3.05, 3.63) is 48.5 Å². The van der Waals surface area contributed by atoms with E-state index >= 15 is 0 Å². The maximum absolute atomic E-state index is 11.6. The number of nitrogens with two attached hydrogens (primary N) is 1. The zero-order chi connectivity index (χ0) is 16.4. The second kappa shape index (κ2) is 5.84. The van der Waals surface area contributed by atoms with E-state index in [-0.39, 0.29) is 5.69 Å². The molecule has 0 saturated carbocycles. The number of anilines is 2. The molecular formula is C15H16N6O2. The molecule has 1 amide bonds. The van der Waals surface area contributed by atoms with Gasteiger partial charge in [0.25, 0.3) is 5.91 Å². The summed E-state index contributed by atoms with van der Waals surface area (Å²) in [6.45, 7) is 0. The van der Waals surface area contributed by atoms with Gasteiger partial charge in [0.05, 0.1) is 36.6 Å². The fourth-order valence-electron chi connectivity index (χ4n) is 2.17. The quantitative estimate of drug-likeness (QED) is 0.743. The lowest BCUT2D eigenvalue weighted by atomic mass is 10.3. The molecule has 0 bridgehead atoms. The zero-order valence-corrected chi connectivity index (χ0v) is 12.7. The maximum atomic E-state index is 11.6. The van der Waals surface area contributed by atoms with Crippen molar-refractivity contribution in [2.75, 3.05) is 12.4 Å². The zero-order valence-electron chi connectivity index (χ0n) is 12.7. The van der Waals surface area contributed by atoms with Crippen LogP contribution in [0.25, 0.3) is 5.69 Å². The van der Waals surface area contributed by atoms with Crippen molar-refractivity contribution in [3.63, 3.8) is 0 Å².